The maximum absolute atomic E-state index is 13.8. The Kier molecular flexibility index (Phi) is 10.6. The van der Waals surface area contributed by atoms with Gasteiger partial charge in [0.25, 0.3) is 5.91 Å². The Morgan fingerprint density at radius 2 is 1.70 bits per heavy atom. The molecule has 1 fully saturated rings. The van der Waals surface area contributed by atoms with Crippen LogP contribution in [-0.4, -0.2) is 35.1 Å². The Balaban J connectivity index is 0.000000907. The molecule has 5 rings (SSSR count). The molecule has 2 amide bonds. The third kappa shape index (κ3) is 6.20. The molecular weight excluding hydrogens is 482 g/mol. The molecule has 1 N–H and O–H groups in total. The first-order valence-electron chi connectivity index (χ1n) is 14.1. The highest BCUT2D eigenvalue weighted by molar-refractivity contribution is 7.19. The molecule has 202 valence electrons. The standard InChI is InChI=1S/C26H31N3O3S.2C2H6/c1-3-20-14-21-24(33-20)15-22-26(31)29(18-10-12-19(13-11-18)32-4-2)23(16-28(21)22)25(30)27-17-8-6-5-7-9-17;2*1-2/h10-15,17,23H,3-9,16H2,1-2H3,(H,27,30);2*1-2H3. The number of nitrogens with one attached hydrogen (secondary N) is 1. The van der Waals surface area contributed by atoms with E-state index < -0.39 is 6.04 Å². The van der Waals surface area contributed by atoms with Gasteiger partial charge in [0, 0.05) is 16.6 Å². The molecule has 0 spiro atoms. The summed E-state index contributed by atoms with van der Waals surface area (Å²) in [4.78, 5) is 30.3. The van der Waals surface area contributed by atoms with Crippen molar-refractivity contribution in [2.45, 2.75) is 98.7 Å². The van der Waals surface area contributed by atoms with Crippen LogP contribution in [0.25, 0.3) is 10.2 Å². The number of hydrogen-bond acceptors (Lipinski definition) is 4. The maximum atomic E-state index is 13.8. The van der Waals surface area contributed by atoms with E-state index in [-0.39, 0.29) is 17.9 Å². The summed E-state index contributed by atoms with van der Waals surface area (Å²) in [6, 6.07) is 11.2. The number of thiophene rings is 1. The van der Waals surface area contributed by atoms with Crippen LogP contribution in [0, 0.1) is 0 Å². The van der Waals surface area contributed by atoms with Crippen molar-refractivity contribution < 1.29 is 14.3 Å². The molecule has 1 atom stereocenters. The summed E-state index contributed by atoms with van der Waals surface area (Å²) in [5, 5.41) is 3.26. The summed E-state index contributed by atoms with van der Waals surface area (Å²) >= 11 is 1.73. The first-order valence-corrected chi connectivity index (χ1v) is 14.9. The van der Waals surface area contributed by atoms with Gasteiger partial charge in [-0.25, -0.2) is 0 Å². The molecule has 1 unspecified atom stereocenters. The molecule has 1 aliphatic heterocycles. The fraction of sp³-hybridized carbons (Fsp3) is 0.533. The third-order valence-corrected chi connectivity index (χ3v) is 7.99. The number of aryl methyl sites for hydroxylation is 1. The van der Waals surface area contributed by atoms with Crippen LogP contribution in [0.2, 0.25) is 0 Å². The lowest BCUT2D eigenvalue weighted by Crippen LogP contribution is -2.57. The molecule has 7 heteroatoms. The van der Waals surface area contributed by atoms with Crippen molar-refractivity contribution >= 4 is 39.1 Å². The highest BCUT2D eigenvalue weighted by Gasteiger charge is 2.39. The van der Waals surface area contributed by atoms with Gasteiger partial charge in [0.1, 0.15) is 17.5 Å². The van der Waals surface area contributed by atoms with Crippen LogP contribution >= 0.6 is 11.3 Å². The second kappa shape index (κ2) is 13.7. The van der Waals surface area contributed by atoms with Gasteiger partial charge >= 0.3 is 0 Å². The lowest BCUT2D eigenvalue weighted by Gasteiger charge is -2.37. The molecule has 0 saturated heterocycles. The van der Waals surface area contributed by atoms with Crippen LogP contribution in [0.5, 0.6) is 5.75 Å². The number of rotatable bonds is 6. The minimum atomic E-state index is -0.592. The highest BCUT2D eigenvalue weighted by atomic mass is 32.1. The van der Waals surface area contributed by atoms with Gasteiger partial charge in [-0.2, -0.15) is 0 Å². The SMILES string of the molecule is CC.CC.CCOc1ccc(N2C(=O)c3cc4sc(CC)cc4n3CC2C(=O)NC2CCCCC2)cc1. The molecule has 1 aromatic carbocycles. The van der Waals surface area contributed by atoms with Gasteiger partial charge in [0.2, 0.25) is 5.91 Å². The average molecular weight is 526 g/mol. The summed E-state index contributed by atoms with van der Waals surface area (Å²) in [7, 11) is 0. The van der Waals surface area contributed by atoms with E-state index in [9.17, 15) is 9.59 Å². The molecule has 0 radical (unpaired) electrons. The molecule has 2 aliphatic rings. The van der Waals surface area contributed by atoms with Crippen molar-refractivity contribution in [1.29, 1.82) is 0 Å². The topological polar surface area (TPSA) is 63.6 Å². The van der Waals surface area contributed by atoms with Crippen LogP contribution in [0.3, 0.4) is 0 Å². The number of aromatic nitrogens is 1. The average Bonchev–Trinajstić information content (AvgIpc) is 3.51. The molecule has 0 bridgehead atoms. The van der Waals surface area contributed by atoms with Crippen molar-refractivity contribution in [3.05, 3.63) is 47.0 Å². The summed E-state index contributed by atoms with van der Waals surface area (Å²) in [6.07, 6.45) is 6.52. The van der Waals surface area contributed by atoms with Crippen LogP contribution in [0.4, 0.5) is 5.69 Å². The molecule has 3 aromatic rings. The van der Waals surface area contributed by atoms with Gasteiger partial charge in [0.15, 0.2) is 0 Å². The van der Waals surface area contributed by atoms with Crippen molar-refractivity contribution in [3.63, 3.8) is 0 Å². The second-order valence-corrected chi connectivity index (χ2v) is 10.1. The van der Waals surface area contributed by atoms with E-state index in [2.05, 4.69) is 18.3 Å². The second-order valence-electron chi connectivity index (χ2n) is 8.92. The van der Waals surface area contributed by atoms with Crippen LogP contribution in [0.15, 0.2) is 36.4 Å². The number of carbonyl (C=O) groups is 2. The number of amides is 2. The summed E-state index contributed by atoms with van der Waals surface area (Å²) in [6.45, 7) is 13.1. The van der Waals surface area contributed by atoms with Gasteiger partial charge in [0.05, 0.1) is 23.4 Å². The molecular formula is C30H43N3O3S. The first-order chi connectivity index (χ1) is 18.1. The van der Waals surface area contributed by atoms with Gasteiger partial charge in [-0.05, 0) is 62.6 Å². The van der Waals surface area contributed by atoms with Crippen molar-refractivity contribution in [1.82, 2.24) is 9.88 Å². The summed E-state index contributed by atoms with van der Waals surface area (Å²) in [5.74, 6) is 0.558. The lowest BCUT2D eigenvalue weighted by molar-refractivity contribution is -0.123. The van der Waals surface area contributed by atoms with Gasteiger partial charge in [-0.3, -0.25) is 14.5 Å². The number of carbonyl (C=O) groups excluding carboxylic acids is 2. The van der Waals surface area contributed by atoms with Crippen LogP contribution in [0.1, 0.15) is 89.0 Å². The predicted molar refractivity (Wildman–Crippen MR) is 155 cm³/mol. The zero-order chi connectivity index (χ0) is 26.9. The minimum absolute atomic E-state index is 0.0671. The number of fused-ring (bicyclic) bond motifs is 3. The molecule has 1 saturated carbocycles. The number of anilines is 1. The largest absolute Gasteiger partial charge is 0.494 e. The zero-order valence-corrected chi connectivity index (χ0v) is 24.1. The van der Waals surface area contributed by atoms with Gasteiger partial charge < -0.3 is 14.6 Å². The number of ether oxygens (including phenoxy) is 1. The zero-order valence-electron chi connectivity index (χ0n) is 23.3. The Morgan fingerprint density at radius 1 is 1.03 bits per heavy atom. The Morgan fingerprint density at radius 3 is 2.32 bits per heavy atom. The first kappa shape index (κ1) is 28.8. The van der Waals surface area contributed by atoms with Crippen LogP contribution in [-0.2, 0) is 17.8 Å². The molecule has 2 aromatic heterocycles. The number of benzene rings is 1. The van der Waals surface area contributed by atoms with E-state index >= 15 is 0 Å². The van der Waals surface area contributed by atoms with Crippen LogP contribution < -0.4 is 15.0 Å². The van der Waals surface area contributed by atoms with E-state index in [0.29, 0.717) is 18.8 Å². The Labute approximate surface area is 226 Å². The molecule has 37 heavy (non-hydrogen) atoms. The van der Waals surface area contributed by atoms with E-state index in [0.717, 1.165) is 53.8 Å². The minimum Gasteiger partial charge on any atom is -0.494 e. The van der Waals surface area contributed by atoms with E-state index in [4.69, 9.17) is 4.74 Å². The molecule has 6 nitrogen and oxygen atoms in total. The van der Waals surface area contributed by atoms with Gasteiger partial charge in [-0.1, -0.05) is 53.9 Å². The van der Waals surface area contributed by atoms with Crippen molar-refractivity contribution in [2.75, 3.05) is 11.5 Å². The Hall–Kier alpha value is -2.80. The van der Waals surface area contributed by atoms with Gasteiger partial charge in [-0.15, -0.1) is 11.3 Å². The van der Waals surface area contributed by atoms with Crippen molar-refractivity contribution in [2.24, 2.45) is 0 Å². The maximum Gasteiger partial charge on any atom is 0.275 e. The molecule has 1 aliphatic carbocycles. The van der Waals surface area contributed by atoms with E-state index in [1.807, 2.05) is 69.5 Å². The third-order valence-electron chi connectivity index (χ3n) is 6.77. The lowest BCUT2D eigenvalue weighted by atomic mass is 9.95. The van der Waals surface area contributed by atoms with E-state index in [1.54, 1.807) is 16.2 Å². The number of nitrogens with zero attached hydrogens (tertiary/aromatic N) is 2. The quantitative estimate of drug-likeness (QED) is 0.370. The highest BCUT2D eigenvalue weighted by Crippen LogP contribution is 2.35. The summed E-state index contributed by atoms with van der Waals surface area (Å²) in [5.41, 5.74) is 2.42. The van der Waals surface area contributed by atoms with Crippen molar-refractivity contribution in [3.8, 4) is 5.75 Å². The number of hydrogen-bond donors (Lipinski definition) is 1. The Bertz CT molecular complexity index is 1160. The normalized spacial score (nSPS) is 17.3. The summed E-state index contributed by atoms with van der Waals surface area (Å²) < 4.78 is 8.72. The predicted octanol–water partition coefficient (Wildman–Crippen LogP) is 7.19. The molecule has 3 heterocycles. The monoisotopic (exact) mass is 525 g/mol. The smallest absolute Gasteiger partial charge is 0.275 e. The van der Waals surface area contributed by atoms with E-state index in [1.165, 1.54) is 11.3 Å². The fourth-order valence-electron chi connectivity index (χ4n) is 5.07. The fourth-order valence-corrected chi connectivity index (χ4v) is 6.11.